The van der Waals surface area contributed by atoms with E-state index >= 15 is 0 Å². The number of nitrogens with zero attached hydrogens (tertiary/aromatic N) is 3. The van der Waals surface area contributed by atoms with Gasteiger partial charge in [0.2, 0.25) is 5.89 Å². The molecule has 0 spiro atoms. The van der Waals surface area contributed by atoms with E-state index in [0.29, 0.717) is 11.9 Å². The molecule has 1 fully saturated rings. The molecular weight excluding hydrogens is 228 g/mol. The van der Waals surface area contributed by atoms with Crippen molar-refractivity contribution < 1.29 is 4.42 Å². The standard InChI is InChI=1S/C13H16N4O/c1-14-11-6-4-10(5-7-11)12-15-16-13(18-12)17-8-2-3-9-17/h4-7,14H,2-3,8-9H2,1H3. The summed E-state index contributed by atoms with van der Waals surface area (Å²) in [6.45, 7) is 2.03. The van der Waals surface area contributed by atoms with Gasteiger partial charge in [0, 0.05) is 31.4 Å². The van der Waals surface area contributed by atoms with Gasteiger partial charge in [0.1, 0.15) is 0 Å². The van der Waals surface area contributed by atoms with Crippen molar-refractivity contribution in [3.05, 3.63) is 24.3 Å². The fourth-order valence-electron chi connectivity index (χ4n) is 2.15. The normalized spacial score (nSPS) is 15.1. The Morgan fingerprint density at radius 3 is 2.50 bits per heavy atom. The predicted molar refractivity (Wildman–Crippen MR) is 70.7 cm³/mol. The lowest BCUT2D eigenvalue weighted by atomic mass is 10.2. The van der Waals surface area contributed by atoms with Crippen molar-refractivity contribution in [2.45, 2.75) is 12.8 Å². The molecule has 5 heteroatoms. The molecule has 1 aliphatic rings. The van der Waals surface area contributed by atoms with Gasteiger partial charge in [-0.05, 0) is 37.1 Å². The first-order valence-electron chi connectivity index (χ1n) is 6.23. The van der Waals surface area contributed by atoms with Gasteiger partial charge in [0.05, 0.1) is 0 Å². The zero-order valence-corrected chi connectivity index (χ0v) is 10.4. The fraction of sp³-hybridized carbons (Fsp3) is 0.385. The Balaban J connectivity index is 1.82. The van der Waals surface area contributed by atoms with Crippen LogP contribution in [0.1, 0.15) is 12.8 Å². The number of nitrogens with one attached hydrogen (secondary N) is 1. The van der Waals surface area contributed by atoms with Crippen molar-refractivity contribution in [2.24, 2.45) is 0 Å². The summed E-state index contributed by atoms with van der Waals surface area (Å²) in [6, 6.07) is 8.59. The first-order chi connectivity index (χ1) is 8.86. The van der Waals surface area contributed by atoms with Crippen LogP contribution in [-0.4, -0.2) is 30.3 Å². The van der Waals surface area contributed by atoms with E-state index in [0.717, 1.165) is 24.3 Å². The minimum Gasteiger partial charge on any atom is -0.403 e. The number of rotatable bonds is 3. The van der Waals surface area contributed by atoms with Crippen LogP contribution in [0.2, 0.25) is 0 Å². The van der Waals surface area contributed by atoms with Crippen molar-refractivity contribution >= 4 is 11.7 Å². The molecule has 0 amide bonds. The molecule has 2 aromatic rings. The lowest BCUT2D eigenvalue weighted by molar-refractivity contribution is 0.557. The quantitative estimate of drug-likeness (QED) is 0.898. The van der Waals surface area contributed by atoms with Crippen LogP contribution in [0.5, 0.6) is 0 Å². The maximum absolute atomic E-state index is 5.71. The molecule has 94 valence electrons. The van der Waals surface area contributed by atoms with Crippen LogP contribution in [0.3, 0.4) is 0 Å². The maximum atomic E-state index is 5.71. The van der Waals surface area contributed by atoms with Crippen molar-refractivity contribution in [1.29, 1.82) is 0 Å². The van der Waals surface area contributed by atoms with Gasteiger partial charge in [0.15, 0.2) is 0 Å². The van der Waals surface area contributed by atoms with E-state index in [1.165, 1.54) is 12.8 Å². The SMILES string of the molecule is CNc1ccc(-c2nnc(N3CCCC3)o2)cc1. The molecule has 5 nitrogen and oxygen atoms in total. The van der Waals surface area contributed by atoms with E-state index in [2.05, 4.69) is 20.4 Å². The van der Waals surface area contributed by atoms with Crippen LogP contribution in [0.25, 0.3) is 11.5 Å². The van der Waals surface area contributed by atoms with Gasteiger partial charge in [-0.1, -0.05) is 5.10 Å². The van der Waals surface area contributed by atoms with Crippen LogP contribution < -0.4 is 10.2 Å². The van der Waals surface area contributed by atoms with Gasteiger partial charge < -0.3 is 14.6 Å². The Labute approximate surface area is 106 Å². The first-order valence-corrected chi connectivity index (χ1v) is 6.23. The van der Waals surface area contributed by atoms with Gasteiger partial charge in [-0.25, -0.2) is 0 Å². The molecule has 0 aliphatic carbocycles. The van der Waals surface area contributed by atoms with Crippen LogP contribution >= 0.6 is 0 Å². The summed E-state index contributed by atoms with van der Waals surface area (Å²) in [4.78, 5) is 2.14. The Kier molecular flexibility index (Phi) is 2.88. The Bertz CT molecular complexity index is 514. The number of anilines is 2. The van der Waals surface area contributed by atoms with Gasteiger partial charge in [0.25, 0.3) is 0 Å². The van der Waals surface area contributed by atoms with Crippen LogP contribution in [0.4, 0.5) is 11.7 Å². The van der Waals surface area contributed by atoms with Crippen molar-refractivity contribution in [3.8, 4) is 11.5 Å². The molecular formula is C13H16N4O. The second kappa shape index (κ2) is 4.68. The van der Waals surface area contributed by atoms with Crippen molar-refractivity contribution in [3.63, 3.8) is 0 Å². The van der Waals surface area contributed by atoms with Crippen molar-refractivity contribution in [2.75, 3.05) is 30.4 Å². The third kappa shape index (κ3) is 2.03. The lowest BCUT2D eigenvalue weighted by Gasteiger charge is -2.09. The van der Waals surface area contributed by atoms with Gasteiger partial charge in [-0.2, -0.15) is 0 Å². The molecule has 3 rings (SSSR count). The van der Waals surface area contributed by atoms with E-state index in [9.17, 15) is 0 Å². The van der Waals surface area contributed by atoms with Gasteiger partial charge in [-0.15, -0.1) is 5.10 Å². The molecule has 1 N–H and O–H groups in total. The molecule has 2 heterocycles. The molecule has 1 aromatic heterocycles. The summed E-state index contributed by atoms with van der Waals surface area (Å²) in [6.07, 6.45) is 2.41. The summed E-state index contributed by atoms with van der Waals surface area (Å²) in [7, 11) is 1.90. The average Bonchev–Trinajstić information content (AvgIpc) is 3.09. The summed E-state index contributed by atoms with van der Waals surface area (Å²) < 4.78 is 5.71. The molecule has 1 aromatic carbocycles. The Hall–Kier alpha value is -2.04. The highest BCUT2D eigenvalue weighted by Gasteiger charge is 2.18. The van der Waals surface area contributed by atoms with Gasteiger partial charge in [-0.3, -0.25) is 0 Å². The molecule has 0 atom stereocenters. The zero-order valence-electron chi connectivity index (χ0n) is 10.4. The average molecular weight is 244 g/mol. The van der Waals surface area contributed by atoms with E-state index in [1.807, 2.05) is 31.3 Å². The topological polar surface area (TPSA) is 54.2 Å². The van der Waals surface area contributed by atoms with Gasteiger partial charge >= 0.3 is 6.01 Å². The molecule has 1 saturated heterocycles. The maximum Gasteiger partial charge on any atom is 0.318 e. The van der Waals surface area contributed by atoms with Crippen LogP contribution in [0.15, 0.2) is 28.7 Å². The van der Waals surface area contributed by atoms with Crippen molar-refractivity contribution in [1.82, 2.24) is 10.2 Å². The molecule has 18 heavy (non-hydrogen) atoms. The fourth-order valence-corrected chi connectivity index (χ4v) is 2.15. The highest BCUT2D eigenvalue weighted by Crippen LogP contribution is 2.25. The molecule has 0 unspecified atom stereocenters. The predicted octanol–water partition coefficient (Wildman–Crippen LogP) is 2.38. The highest BCUT2D eigenvalue weighted by molar-refractivity contribution is 5.58. The minimum atomic E-state index is 0.583. The highest BCUT2D eigenvalue weighted by atomic mass is 16.4. The largest absolute Gasteiger partial charge is 0.403 e. The second-order valence-corrected chi connectivity index (χ2v) is 4.41. The van der Waals surface area contributed by atoms with Crippen LogP contribution in [-0.2, 0) is 0 Å². The molecule has 1 aliphatic heterocycles. The summed E-state index contributed by atoms with van der Waals surface area (Å²) in [5.74, 6) is 0.583. The second-order valence-electron chi connectivity index (χ2n) is 4.41. The number of benzene rings is 1. The summed E-state index contributed by atoms with van der Waals surface area (Å²) in [5, 5.41) is 11.3. The lowest BCUT2D eigenvalue weighted by Crippen LogP contribution is -2.17. The zero-order chi connectivity index (χ0) is 12.4. The third-order valence-corrected chi connectivity index (χ3v) is 3.21. The third-order valence-electron chi connectivity index (χ3n) is 3.21. The summed E-state index contributed by atoms with van der Waals surface area (Å²) >= 11 is 0. The number of hydrogen-bond acceptors (Lipinski definition) is 5. The Morgan fingerprint density at radius 1 is 1.11 bits per heavy atom. The van der Waals surface area contributed by atoms with E-state index in [4.69, 9.17) is 4.42 Å². The number of aromatic nitrogens is 2. The van der Waals surface area contributed by atoms with E-state index in [-0.39, 0.29) is 0 Å². The summed E-state index contributed by atoms with van der Waals surface area (Å²) in [5.41, 5.74) is 2.02. The smallest absolute Gasteiger partial charge is 0.318 e. The Morgan fingerprint density at radius 2 is 1.83 bits per heavy atom. The first kappa shape index (κ1) is 11.1. The molecule has 0 radical (unpaired) electrons. The van der Waals surface area contributed by atoms with E-state index in [1.54, 1.807) is 0 Å². The van der Waals surface area contributed by atoms with Crippen LogP contribution in [0, 0.1) is 0 Å². The molecule has 0 bridgehead atoms. The number of hydrogen-bond donors (Lipinski definition) is 1. The monoisotopic (exact) mass is 244 g/mol. The minimum absolute atomic E-state index is 0.583. The van der Waals surface area contributed by atoms with E-state index < -0.39 is 0 Å². The molecule has 0 saturated carbocycles.